The van der Waals surface area contributed by atoms with Crippen molar-refractivity contribution in [2.45, 2.75) is 26.5 Å². The lowest BCUT2D eigenvalue weighted by Gasteiger charge is -2.11. The van der Waals surface area contributed by atoms with E-state index in [1.165, 1.54) is 0 Å². The first-order valence-corrected chi connectivity index (χ1v) is 8.23. The third kappa shape index (κ3) is 6.32. The number of nitrogens with one attached hydrogen (secondary N) is 1. The number of benzene rings is 2. The van der Waals surface area contributed by atoms with Gasteiger partial charge in [-0.2, -0.15) is 0 Å². The van der Waals surface area contributed by atoms with Gasteiger partial charge in [0.2, 0.25) is 0 Å². The Balaban J connectivity index is 1.78. The van der Waals surface area contributed by atoms with E-state index in [9.17, 15) is 4.79 Å². The number of halogens is 1. The smallest absolute Gasteiger partial charge is 0.258 e. The monoisotopic (exact) mass is 377 g/mol. The molecule has 0 heterocycles. The van der Waals surface area contributed by atoms with Crippen molar-refractivity contribution >= 4 is 21.8 Å². The first kappa shape index (κ1) is 17.3. The number of amides is 1. The molecule has 1 amide bonds. The van der Waals surface area contributed by atoms with Crippen molar-refractivity contribution in [3.63, 3.8) is 0 Å². The highest BCUT2D eigenvalue weighted by Gasteiger charge is 2.04. The van der Waals surface area contributed by atoms with Crippen LogP contribution in [0, 0.1) is 0 Å². The number of rotatable bonds is 7. The number of carbonyl (C=O) groups excluding carboxylic acids is 1. The summed E-state index contributed by atoms with van der Waals surface area (Å²) in [6.07, 6.45) is 0.124. The summed E-state index contributed by atoms with van der Waals surface area (Å²) in [6.45, 7) is 4.39. The summed E-state index contributed by atoms with van der Waals surface area (Å²) in [6, 6.07) is 15.0. The quantitative estimate of drug-likeness (QED) is 0.794. The summed E-state index contributed by atoms with van der Waals surface area (Å²) >= 11 is 3.35. The Morgan fingerprint density at radius 2 is 1.87 bits per heavy atom. The lowest BCUT2D eigenvalue weighted by molar-refractivity contribution is -0.123. The first-order valence-electron chi connectivity index (χ1n) is 7.43. The fraction of sp³-hybridized carbons (Fsp3) is 0.278. The van der Waals surface area contributed by atoms with E-state index in [0.717, 1.165) is 15.8 Å². The van der Waals surface area contributed by atoms with Gasteiger partial charge in [-0.1, -0.05) is 28.1 Å². The maximum atomic E-state index is 11.8. The van der Waals surface area contributed by atoms with Crippen LogP contribution in [0.2, 0.25) is 0 Å². The lowest BCUT2D eigenvalue weighted by atomic mass is 10.2. The van der Waals surface area contributed by atoms with E-state index in [1.807, 2.05) is 62.4 Å². The molecule has 4 nitrogen and oxygen atoms in total. The highest BCUT2D eigenvalue weighted by atomic mass is 79.9. The van der Waals surface area contributed by atoms with Gasteiger partial charge in [0.25, 0.3) is 5.91 Å². The molecule has 0 saturated heterocycles. The SMILES string of the molecule is CC(C)Oc1cccc(CNC(=O)COc2ccc(Br)cc2)c1. The van der Waals surface area contributed by atoms with Crippen molar-refractivity contribution in [1.82, 2.24) is 5.32 Å². The van der Waals surface area contributed by atoms with Crippen LogP contribution < -0.4 is 14.8 Å². The molecule has 23 heavy (non-hydrogen) atoms. The van der Waals surface area contributed by atoms with Crippen LogP contribution in [0.15, 0.2) is 53.0 Å². The third-order valence-corrected chi connectivity index (χ3v) is 3.47. The molecule has 0 unspecified atom stereocenters. The summed E-state index contributed by atoms with van der Waals surface area (Å²) in [5.74, 6) is 1.30. The van der Waals surface area contributed by atoms with Gasteiger partial charge in [0.05, 0.1) is 6.10 Å². The van der Waals surface area contributed by atoms with E-state index >= 15 is 0 Å². The molecule has 5 heteroatoms. The van der Waals surface area contributed by atoms with Crippen LogP contribution >= 0.6 is 15.9 Å². The number of ether oxygens (including phenoxy) is 2. The maximum Gasteiger partial charge on any atom is 0.258 e. The van der Waals surface area contributed by atoms with Gasteiger partial charge in [0.15, 0.2) is 6.61 Å². The molecule has 0 radical (unpaired) electrons. The standard InChI is InChI=1S/C18H20BrNO3/c1-13(2)23-17-5-3-4-14(10-17)11-20-18(21)12-22-16-8-6-15(19)7-9-16/h3-10,13H,11-12H2,1-2H3,(H,20,21). The fourth-order valence-corrected chi connectivity index (χ4v) is 2.20. The summed E-state index contributed by atoms with van der Waals surface area (Å²) in [5, 5.41) is 2.83. The van der Waals surface area contributed by atoms with Crippen LogP contribution in [-0.4, -0.2) is 18.6 Å². The van der Waals surface area contributed by atoms with Gasteiger partial charge in [-0.05, 0) is 55.8 Å². The number of carbonyl (C=O) groups is 1. The Bertz CT molecular complexity index is 641. The average molecular weight is 378 g/mol. The van der Waals surface area contributed by atoms with Crippen LogP contribution in [-0.2, 0) is 11.3 Å². The molecular weight excluding hydrogens is 358 g/mol. The molecule has 0 atom stereocenters. The minimum absolute atomic E-state index is 0.0101. The summed E-state index contributed by atoms with van der Waals surface area (Å²) in [5.41, 5.74) is 0.986. The van der Waals surface area contributed by atoms with Crippen molar-refractivity contribution < 1.29 is 14.3 Å². The molecule has 0 saturated carbocycles. The third-order valence-electron chi connectivity index (χ3n) is 2.94. The van der Waals surface area contributed by atoms with Gasteiger partial charge < -0.3 is 14.8 Å². The zero-order valence-electron chi connectivity index (χ0n) is 13.2. The molecule has 0 bridgehead atoms. The van der Waals surface area contributed by atoms with Gasteiger partial charge in [-0.25, -0.2) is 0 Å². The fourth-order valence-electron chi connectivity index (χ4n) is 1.93. The normalized spacial score (nSPS) is 10.4. The van der Waals surface area contributed by atoms with Crippen molar-refractivity contribution in [2.75, 3.05) is 6.61 Å². The van der Waals surface area contributed by atoms with Crippen molar-refractivity contribution in [3.8, 4) is 11.5 Å². The van der Waals surface area contributed by atoms with E-state index in [2.05, 4.69) is 21.2 Å². The second kappa shape index (κ2) is 8.58. The van der Waals surface area contributed by atoms with E-state index in [1.54, 1.807) is 0 Å². The second-order valence-corrected chi connectivity index (χ2v) is 6.25. The summed E-state index contributed by atoms with van der Waals surface area (Å²) in [7, 11) is 0. The molecule has 122 valence electrons. The molecule has 1 N–H and O–H groups in total. The Labute approximate surface area is 144 Å². The predicted octanol–water partition coefficient (Wildman–Crippen LogP) is 3.93. The van der Waals surface area contributed by atoms with Gasteiger partial charge in [0, 0.05) is 11.0 Å². The van der Waals surface area contributed by atoms with E-state index in [4.69, 9.17) is 9.47 Å². The summed E-state index contributed by atoms with van der Waals surface area (Å²) < 4.78 is 12.0. The van der Waals surface area contributed by atoms with Crippen molar-refractivity contribution in [2.24, 2.45) is 0 Å². The van der Waals surface area contributed by atoms with E-state index in [0.29, 0.717) is 12.3 Å². The Kier molecular flexibility index (Phi) is 6.47. The molecule has 0 aliphatic carbocycles. The Hall–Kier alpha value is -2.01. The molecule has 0 aliphatic rings. The molecule has 0 fully saturated rings. The summed E-state index contributed by atoms with van der Waals surface area (Å²) in [4.78, 5) is 11.8. The highest BCUT2D eigenvalue weighted by molar-refractivity contribution is 9.10. The first-order chi connectivity index (χ1) is 11.0. The molecule has 0 aromatic heterocycles. The minimum atomic E-state index is -0.164. The Morgan fingerprint density at radius 1 is 1.13 bits per heavy atom. The van der Waals surface area contributed by atoms with E-state index < -0.39 is 0 Å². The second-order valence-electron chi connectivity index (χ2n) is 5.33. The molecule has 2 aromatic carbocycles. The van der Waals surface area contributed by atoms with Crippen LogP contribution in [0.25, 0.3) is 0 Å². The van der Waals surface area contributed by atoms with E-state index in [-0.39, 0.29) is 18.6 Å². The molecule has 0 spiro atoms. The van der Waals surface area contributed by atoms with Gasteiger partial charge in [-0.15, -0.1) is 0 Å². The minimum Gasteiger partial charge on any atom is -0.491 e. The highest BCUT2D eigenvalue weighted by Crippen LogP contribution is 2.16. The molecule has 0 aliphatic heterocycles. The number of hydrogen-bond acceptors (Lipinski definition) is 3. The Morgan fingerprint density at radius 3 is 2.57 bits per heavy atom. The maximum absolute atomic E-state index is 11.8. The van der Waals surface area contributed by atoms with Gasteiger partial charge in [-0.3, -0.25) is 4.79 Å². The van der Waals surface area contributed by atoms with Crippen LogP contribution in [0.4, 0.5) is 0 Å². The zero-order valence-corrected chi connectivity index (χ0v) is 14.8. The topological polar surface area (TPSA) is 47.6 Å². The number of hydrogen-bond donors (Lipinski definition) is 1. The zero-order chi connectivity index (χ0) is 16.7. The van der Waals surface area contributed by atoms with Gasteiger partial charge in [0.1, 0.15) is 11.5 Å². The molecule has 2 rings (SSSR count). The largest absolute Gasteiger partial charge is 0.491 e. The van der Waals surface area contributed by atoms with Crippen molar-refractivity contribution in [3.05, 3.63) is 58.6 Å². The van der Waals surface area contributed by atoms with Crippen molar-refractivity contribution in [1.29, 1.82) is 0 Å². The van der Waals surface area contributed by atoms with Crippen LogP contribution in [0.1, 0.15) is 19.4 Å². The van der Waals surface area contributed by atoms with Gasteiger partial charge >= 0.3 is 0 Å². The molecular formula is C18H20BrNO3. The average Bonchev–Trinajstić information content (AvgIpc) is 2.52. The van der Waals surface area contributed by atoms with Crippen LogP contribution in [0.5, 0.6) is 11.5 Å². The van der Waals surface area contributed by atoms with Crippen LogP contribution in [0.3, 0.4) is 0 Å². The lowest BCUT2D eigenvalue weighted by Crippen LogP contribution is -2.28. The predicted molar refractivity (Wildman–Crippen MR) is 93.7 cm³/mol. The molecule has 2 aromatic rings.